The lowest BCUT2D eigenvalue weighted by Crippen LogP contribution is -2.08. The summed E-state index contributed by atoms with van der Waals surface area (Å²) in [7, 11) is -3.74. The lowest BCUT2D eigenvalue weighted by atomic mass is 10.2. The van der Waals surface area contributed by atoms with E-state index in [4.69, 9.17) is 9.66 Å². The van der Waals surface area contributed by atoms with Gasteiger partial charge in [0.1, 0.15) is 0 Å². The number of aromatic carboxylic acids is 1. The van der Waals surface area contributed by atoms with Gasteiger partial charge >= 0.3 is 16.4 Å². The number of hydrogen-bond acceptors (Lipinski definition) is 6. The molecule has 0 unspecified atom stereocenters. The number of hydrogen-bond donors (Lipinski definition) is 3. The molecule has 1 rings (SSSR count). The number of carbonyl (C=O) groups is 1. The molecular weight excluding hydrogens is 256 g/mol. The van der Waals surface area contributed by atoms with Gasteiger partial charge in [0.2, 0.25) is 5.75 Å². The van der Waals surface area contributed by atoms with Crippen molar-refractivity contribution < 1.29 is 36.9 Å². The van der Waals surface area contributed by atoms with Crippen molar-refractivity contribution in [1.82, 2.24) is 0 Å². The third-order valence-electron chi connectivity index (χ3n) is 1.70. The highest BCUT2D eigenvalue weighted by Gasteiger charge is 2.19. The molecule has 0 spiro atoms. The highest BCUT2D eigenvalue weighted by molar-refractivity contribution is 7.81. The van der Waals surface area contributed by atoms with Gasteiger partial charge in [-0.15, -0.1) is 0 Å². The molecule has 3 N–H and O–H groups in total. The molecule has 0 saturated carbocycles. The molecule has 0 aliphatic rings. The summed E-state index contributed by atoms with van der Waals surface area (Å²) < 4.78 is 38.0. The van der Waals surface area contributed by atoms with Crippen LogP contribution in [0.5, 0.6) is 17.2 Å². The second-order valence-electron chi connectivity index (χ2n) is 2.84. The third-order valence-corrected chi connectivity index (χ3v) is 2.09. The van der Waals surface area contributed by atoms with Gasteiger partial charge in [-0.3, -0.25) is 4.55 Å². The van der Waals surface area contributed by atoms with E-state index >= 15 is 0 Å². The topological polar surface area (TPSA) is 130 Å². The van der Waals surface area contributed by atoms with Crippen molar-refractivity contribution in [3.05, 3.63) is 17.7 Å². The summed E-state index contributed by atoms with van der Waals surface area (Å²) in [5.74, 6) is -3.17. The van der Waals surface area contributed by atoms with E-state index in [-0.39, 0.29) is 11.3 Å². The molecule has 0 aliphatic heterocycles. The molecule has 1 aromatic rings. The fourth-order valence-corrected chi connectivity index (χ4v) is 1.39. The Balaban J connectivity index is 3.37. The van der Waals surface area contributed by atoms with Gasteiger partial charge in [-0.2, -0.15) is 8.42 Å². The third kappa shape index (κ3) is 3.23. The fraction of sp³-hybridized carbons (Fsp3) is 0.125. The van der Waals surface area contributed by atoms with Crippen LogP contribution in [0.25, 0.3) is 0 Å². The van der Waals surface area contributed by atoms with Crippen molar-refractivity contribution >= 4 is 16.4 Å². The summed E-state index contributed by atoms with van der Waals surface area (Å²) in [6.45, 7) is 0. The molecule has 0 radical (unpaired) electrons. The van der Waals surface area contributed by atoms with Gasteiger partial charge in [-0.1, -0.05) is 0 Å². The average Bonchev–Trinajstić information content (AvgIpc) is 2.18. The first-order chi connectivity index (χ1) is 7.74. The molecule has 0 heterocycles. The van der Waals surface area contributed by atoms with Crippen molar-refractivity contribution in [3.63, 3.8) is 0 Å². The van der Waals surface area contributed by atoms with Gasteiger partial charge in [0.15, 0.2) is 11.5 Å². The molecule has 94 valence electrons. The first-order valence-electron chi connectivity index (χ1n) is 4.06. The van der Waals surface area contributed by atoms with Crippen LogP contribution in [0.15, 0.2) is 12.1 Å². The quantitative estimate of drug-likeness (QED) is 0.661. The molecule has 0 bridgehead atoms. The molecule has 0 saturated heterocycles. The van der Waals surface area contributed by atoms with Crippen LogP contribution in [0, 0.1) is 0 Å². The SMILES string of the molecule is COc1cc(C(=O)O)cc(OS(=O)(=O)O)c1O. The molecule has 0 amide bonds. The number of phenols is 1. The van der Waals surface area contributed by atoms with Crippen LogP contribution in [0.2, 0.25) is 0 Å². The monoisotopic (exact) mass is 264 g/mol. The Hall–Kier alpha value is -2.00. The summed E-state index contributed by atoms with van der Waals surface area (Å²) in [6, 6.07) is 1.70. The lowest BCUT2D eigenvalue weighted by molar-refractivity contribution is 0.0696. The minimum Gasteiger partial charge on any atom is -0.502 e. The molecule has 0 aliphatic carbocycles. The molecule has 9 heteroatoms. The van der Waals surface area contributed by atoms with Crippen LogP contribution >= 0.6 is 0 Å². The van der Waals surface area contributed by atoms with Gasteiger partial charge in [0.25, 0.3) is 0 Å². The summed E-state index contributed by atoms with van der Waals surface area (Å²) in [6.07, 6.45) is 0. The van der Waals surface area contributed by atoms with Gasteiger partial charge in [-0.05, 0) is 6.07 Å². The predicted molar refractivity (Wildman–Crippen MR) is 53.8 cm³/mol. The van der Waals surface area contributed by atoms with E-state index in [2.05, 4.69) is 8.92 Å². The van der Waals surface area contributed by atoms with Crippen molar-refractivity contribution in [2.45, 2.75) is 0 Å². The Kier molecular flexibility index (Phi) is 3.44. The van der Waals surface area contributed by atoms with Crippen LogP contribution in [0.3, 0.4) is 0 Å². The molecule has 0 atom stereocenters. The number of carboxylic acid groups (broad SMARTS) is 1. The van der Waals surface area contributed by atoms with Crippen molar-refractivity contribution in [2.75, 3.05) is 7.11 Å². The maximum absolute atomic E-state index is 10.7. The van der Waals surface area contributed by atoms with Gasteiger partial charge in [0.05, 0.1) is 12.7 Å². The fourth-order valence-electron chi connectivity index (χ4n) is 1.04. The van der Waals surface area contributed by atoms with E-state index in [1.807, 2.05) is 0 Å². The Bertz CT molecular complexity index is 547. The average molecular weight is 264 g/mol. The maximum atomic E-state index is 10.7. The normalized spacial score (nSPS) is 10.9. The largest absolute Gasteiger partial charge is 0.502 e. The van der Waals surface area contributed by atoms with E-state index in [1.54, 1.807) is 0 Å². The predicted octanol–water partition coefficient (Wildman–Crippen LogP) is 0.281. The second kappa shape index (κ2) is 4.47. The number of phenolic OH excluding ortho intramolecular Hbond substituents is 1. The lowest BCUT2D eigenvalue weighted by Gasteiger charge is -2.09. The number of methoxy groups -OCH3 is 1. The minimum atomic E-state index is -4.88. The van der Waals surface area contributed by atoms with Crippen LogP contribution in [-0.4, -0.2) is 36.3 Å². The first-order valence-corrected chi connectivity index (χ1v) is 5.42. The van der Waals surface area contributed by atoms with Gasteiger partial charge < -0.3 is 19.1 Å². The van der Waals surface area contributed by atoms with Crippen LogP contribution in [0.1, 0.15) is 10.4 Å². The molecule has 0 fully saturated rings. The molecule has 0 aromatic heterocycles. The van der Waals surface area contributed by atoms with E-state index in [0.29, 0.717) is 0 Å². The number of rotatable bonds is 4. The summed E-state index contributed by atoms with van der Waals surface area (Å²) in [5.41, 5.74) is -0.377. The van der Waals surface area contributed by atoms with E-state index in [9.17, 15) is 18.3 Å². The molecule has 8 nitrogen and oxygen atoms in total. The molecule has 17 heavy (non-hydrogen) atoms. The van der Waals surface area contributed by atoms with E-state index in [1.165, 1.54) is 0 Å². The second-order valence-corrected chi connectivity index (χ2v) is 3.86. The minimum absolute atomic E-state index is 0.302. The van der Waals surface area contributed by atoms with Gasteiger partial charge in [-0.25, -0.2) is 4.79 Å². The Morgan fingerprint density at radius 2 is 1.82 bits per heavy atom. The Labute approximate surface area is 96.0 Å². The molecule has 1 aromatic carbocycles. The number of aromatic hydroxyl groups is 1. The summed E-state index contributed by atoms with van der Waals surface area (Å²) in [5, 5.41) is 18.2. The Morgan fingerprint density at radius 1 is 1.29 bits per heavy atom. The van der Waals surface area contributed by atoms with Crippen molar-refractivity contribution in [1.29, 1.82) is 0 Å². The number of benzene rings is 1. The highest BCUT2D eigenvalue weighted by atomic mass is 32.3. The highest BCUT2D eigenvalue weighted by Crippen LogP contribution is 2.37. The zero-order valence-corrected chi connectivity index (χ0v) is 9.26. The van der Waals surface area contributed by atoms with Crippen LogP contribution in [0.4, 0.5) is 0 Å². The van der Waals surface area contributed by atoms with E-state index in [0.717, 1.165) is 19.2 Å². The number of ether oxygens (including phenoxy) is 1. The number of carboxylic acids is 1. The summed E-state index contributed by atoms with van der Waals surface area (Å²) >= 11 is 0. The van der Waals surface area contributed by atoms with Gasteiger partial charge in [0, 0.05) is 6.07 Å². The standard InChI is InChI=1S/C8H8O8S/c1-15-5-2-4(8(10)11)3-6(7(5)9)16-17(12,13)14/h2-3,9H,1H3,(H,10,11)(H,12,13,14). The molecular formula is C8H8O8S. The van der Waals surface area contributed by atoms with E-state index < -0.39 is 27.9 Å². The maximum Gasteiger partial charge on any atom is 0.446 e. The van der Waals surface area contributed by atoms with Crippen LogP contribution < -0.4 is 8.92 Å². The van der Waals surface area contributed by atoms with Crippen molar-refractivity contribution in [3.8, 4) is 17.2 Å². The zero-order chi connectivity index (χ0) is 13.2. The smallest absolute Gasteiger partial charge is 0.446 e. The van der Waals surface area contributed by atoms with Crippen molar-refractivity contribution in [2.24, 2.45) is 0 Å². The Morgan fingerprint density at radius 3 is 2.24 bits per heavy atom. The zero-order valence-electron chi connectivity index (χ0n) is 8.45. The summed E-state index contributed by atoms with van der Waals surface area (Å²) in [4.78, 5) is 10.7. The first kappa shape index (κ1) is 13.1. The van der Waals surface area contributed by atoms with Crippen LogP contribution in [-0.2, 0) is 10.4 Å².